The highest BCUT2D eigenvalue weighted by molar-refractivity contribution is 8.01. The van der Waals surface area contributed by atoms with E-state index < -0.39 is 38.5 Å². The molecule has 0 rings (SSSR count). The summed E-state index contributed by atoms with van der Waals surface area (Å²) in [6, 6.07) is 0. The standard InChI is InChI=1S/C15H27F3NO6PS2/c1-4-7-9-27-24-26(22,25-28-10-8-5-2)12-19(11-13(20)23-6-3)14(21)15(16,17)18/h4-12H2,1-3H3. The first-order valence-corrected chi connectivity index (χ1v) is 12.4. The molecule has 7 nitrogen and oxygen atoms in total. The molecule has 0 fully saturated rings. The molecule has 0 aliphatic heterocycles. The van der Waals surface area contributed by atoms with Crippen molar-refractivity contribution in [2.24, 2.45) is 0 Å². The molecule has 0 saturated carbocycles. The molecular weight excluding hydrogens is 442 g/mol. The highest BCUT2D eigenvalue weighted by Crippen LogP contribution is 2.55. The molecular formula is C15H27F3NO6PS2. The minimum atomic E-state index is -5.25. The number of nitrogens with zero attached hydrogens (tertiary/aromatic N) is 1. The highest BCUT2D eigenvalue weighted by atomic mass is 32.2. The predicted molar refractivity (Wildman–Crippen MR) is 104 cm³/mol. The average molecular weight is 469 g/mol. The molecule has 0 bridgehead atoms. The Morgan fingerprint density at radius 2 is 1.50 bits per heavy atom. The number of amides is 1. The third kappa shape index (κ3) is 12.2. The van der Waals surface area contributed by atoms with Gasteiger partial charge >= 0.3 is 25.6 Å². The van der Waals surface area contributed by atoms with E-state index in [-0.39, 0.29) is 11.5 Å². The van der Waals surface area contributed by atoms with Gasteiger partial charge in [-0.2, -0.15) is 13.2 Å². The smallest absolute Gasteiger partial charge is 0.465 e. The molecule has 0 aromatic carbocycles. The SMILES string of the molecule is CCCCSOP(=O)(CN(CC(=O)OCC)C(=O)C(F)(F)F)OSCCCC. The Morgan fingerprint density at radius 3 is 1.89 bits per heavy atom. The van der Waals surface area contributed by atoms with Crippen LogP contribution in [0.3, 0.4) is 0 Å². The fourth-order valence-corrected chi connectivity index (χ4v) is 5.68. The fourth-order valence-electron chi connectivity index (χ4n) is 1.64. The van der Waals surface area contributed by atoms with Gasteiger partial charge in [0.2, 0.25) is 0 Å². The summed E-state index contributed by atoms with van der Waals surface area (Å²) in [7, 11) is -4.13. The van der Waals surface area contributed by atoms with Gasteiger partial charge in [-0.3, -0.25) is 14.2 Å². The predicted octanol–water partition coefficient (Wildman–Crippen LogP) is 5.02. The summed E-state index contributed by atoms with van der Waals surface area (Å²) < 4.78 is 66.5. The zero-order valence-electron chi connectivity index (χ0n) is 16.2. The number of hydrogen-bond acceptors (Lipinski definition) is 8. The van der Waals surface area contributed by atoms with Gasteiger partial charge < -0.3 is 9.64 Å². The molecule has 0 aliphatic rings. The van der Waals surface area contributed by atoms with Crippen LogP contribution in [0.5, 0.6) is 0 Å². The number of hydrogen-bond donors (Lipinski definition) is 0. The lowest BCUT2D eigenvalue weighted by Gasteiger charge is -2.26. The molecule has 0 aromatic heterocycles. The Hall–Kier alpha value is -0.420. The third-order valence-corrected chi connectivity index (χ3v) is 7.25. The number of unbranched alkanes of at least 4 members (excludes halogenated alkanes) is 2. The Morgan fingerprint density at radius 1 is 1.00 bits per heavy atom. The zero-order chi connectivity index (χ0) is 21.6. The normalized spacial score (nSPS) is 12.1. The molecule has 166 valence electrons. The Labute approximate surface area is 172 Å². The van der Waals surface area contributed by atoms with Crippen molar-refractivity contribution in [3.8, 4) is 0 Å². The van der Waals surface area contributed by atoms with E-state index >= 15 is 0 Å². The molecule has 0 aromatic rings. The van der Waals surface area contributed by atoms with Crippen molar-refractivity contribution in [3.63, 3.8) is 0 Å². The van der Waals surface area contributed by atoms with Crippen LogP contribution in [0.15, 0.2) is 0 Å². The minimum absolute atomic E-state index is 0.0721. The molecule has 28 heavy (non-hydrogen) atoms. The van der Waals surface area contributed by atoms with Crippen molar-refractivity contribution in [3.05, 3.63) is 0 Å². The fraction of sp³-hybridized carbons (Fsp3) is 0.867. The number of esters is 1. The maximum atomic E-state index is 12.9. The van der Waals surface area contributed by atoms with Crippen molar-refractivity contribution in [1.82, 2.24) is 4.90 Å². The van der Waals surface area contributed by atoms with Crippen molar-refractivity contribution in [1.29, 1.82) is 0 Å². The molecule has 0 saturated heterocycles. The Bertz CT molecular complexity index is 508. The van der Waals surface area contributed by atoms with Crippen LogP contribution in [0.25, 0.3) is 0 Å². The van der Waals surface area contributed by atoms with Gasteiger partial charge in [-0.15, -0.1) is 0 Å². The van der Waals surface area contributed by atoms with Crippen LogP contribution in [-0.4, -0.2) is 53.9 Å². The van der Waals surface area contributed by atoms with Gasteiger partial charge in [0.1, 0.15) is 12.8 Å². The van der Waals surface area contributed by atoms with Crippen LogP contribution in [0.2, 0.25) is 0 Å². The second-order valence-corrected chi connectivity index (χ2v) is 9.54. The molecule has 0 radical (unpaired) electrons. The summed E-state index contributed by atoms with van der Waals surface area (Å²) in [6.07, 6.45) is -3.10. The Kier molecular flexibility index (Phi) is 14.3. The summed E-state index contributed by atoms with van der Waals surface area (Å²) in [6.45, 7) is 4.25. The van der Waals surface area contributed by atoms with E-state index in [2.05, 4.69) is 4.74 Å². The van der Waals surface area contributed by atoms with Crippen molar-refractivity contribution in [2.75, 3.05) is 30.9 Å². The minimum Gasteiger partial charge on any atom is -0.465 e. The van der Waals surface area contributed by atoms with Crippen LogP contribution in [0.1, 0.15) is 46.5 Å². The number of carbonyl (C=O) groups excluding carboxylic acids is 2. The Balaban J connectivity index is 5.30. The maximum Gasteiger partial charge on any atom is 0.471 e. The summed E-state index contributed by atoms with van der Waals surface area (Å²) in [5, 5.41) is 0. The number of carbonyl (C=O) groups is 2. The van der Waals surface area contributed by atoms with Crippen molar-refractivity contribution in [2.45, 2.75) is 52.6 Å². The number of ether oxygens (including phenoxy) is 1. The number of rotatable bonds is 15. The molecule has 0 N–H and O–H groups in total. The molecule has 1 amide bonds. The summed E-state index contributed by atoms with van der Waals surface area (Å²) >= 11 is 1.60. The topological polar surface area (TPSA) is 82.1 Å². The van der Waals surface area contributed by atoms with E-state index in [0.717, 1.165) is 49.8 Å². The van der Waals surface area contributed by atoms with Gasteiger partial charge in [0, 0.05) is 35.6 Å². The van der Waals surface area contributed by atoms with E-state index in [0.29, 0.717) is 11.5 Å². The first-order valence-electron chi connectivity index (χ1n) is 8.82. The largest absolute Gasteiger partial charge is 0.471 e. The monoisotopic (exact) mass is 469 g/mol. The molecule has 0 aliphatic carbocycles. The molecule has 0 atom stereocenters. The van der Waals surface area contributed by atoms with E-state index in [1.54, 1.807) is 0 Å². The highest BCUT2D eigenvalue weighted by Gasteiger charge is 2.46. The van der Waals surface area contributed by atoms with Gasteiger partial charge in [-0.25, -0.2) is 7.94 Å². The first-order chi connectivity index (χ1) is 13.1. The van der Waals surface area contributed by atoms with Crippen LogP contribution < -0.4 is 0 Å². The van der Waals surface area contributed by atoms with Gasteiger partial charge in [0.25, 0.3) is 0 Å². The maximum absolute atomic E-state index is 12.9. The molecule has 0 heterocycles. The number of alkyl halides is 3. The van der Waals surface area contributed by atoms with E-state index in [9.17, 15) is 27.3 Å². The van der Waals surface area contributed by atoms with Crippen LogP contribution in [0, 0.1) is 0 Å². The second-order valence-electron chi connectivity index (χ2n) is 5.56. The van der Waals surface area contributed by atoms with Crippen molar-refractivity contribution < 1.29 is 40.0 Å². The van der Waals surface area contributed by atoms with Gasteiger partial charge in [0.15, 0.2) is 0 Å². The zero-order valence-corrected chi connectivity index (χ0v) is 18.7. The van der Waals surface area contributed by atoms with Crippen LogP contribution in [0.4, 0.5) is 13.2 Å². The lowest BCUT2D eigenvalue weighted by Crippen LogP contribution is -2.44. The quantitative estimate of drug-likeness (QED) is 0.143. The molecule has 0 spiro atoms. The van der Waals surface area contributed by atoms with E-state index in [1.165, 1.54) is 6.92 Å². The third-order valence-electron chi connectivity index (χ3n) is 2.99. The van der Waals surface area contributed by atoms with Gasteiger partial charge in [-0.05, 0) is 19.8 Å². The van der Waals surface area contributed by atoms with Crippen LogP contribution in [-0.2, 0) is 26.8 Å². The van der Waals surface area contributed by atoms with Gasteiger partial charge in [-0.1, -0.05) is 26.7 Å². The average Bonchev–Trinajstić information content (AvgIpc) is 2.61. The lowest BCUT2D eigenvalue weighted by atomic mass is 10.4. The first kappa shape index (κ1) is 27.6. The van der Waals surface area contributed by atoms with Crippen molar-refractivity contribution >= 4 is 43.6 Å². The second kappa shape index (κ2) is 14.5. The van der Waals surface area contributed by atoms with Crippen LogP contribution >= 0.6 is 31.7 Å². The van der Waals surface area contributed by atoms with E-state index in [1.807, 2.05) is 13.8 Å². The summed E-state index contributed by atoms with van der Waals surface area (Å²) in [5.74, 6) is -2.46. The van der Waals surface area contributed by atoms with E-state index in [4.69, 9.17) is 7.94 Å². The summed E-state index contributed by atoms with van der Waals surface area (Å²) in [4.78, 5) is 23.4. The number of halogens is 3. The van der Waals surface area contributed by atoms with Gasteiger partial charge in [0.05, 0.1) is 6.61 Å². The lowest BCUT2D eigenvalue weighted by molar-refractivity contribution is -0.186. The molecule has 13 heteroatoms. The molecule has 0 unspecified atom stereocenters. The summed E-state index contributed by atoms with van der Waals surface area (Å²) in [5.41, 5.74) is 0.